The fourth-order valence-corrected chi connectivity index (χ4v) is 3.10. The van der Waals surface area contributed by atoms with Crippen molar-refractivity contribution in [3.63, 3.8) is 0 Å². The van der Waals surface area contributed by atoms with Crippen LogP contribution in [0.15, 0.2) is 17.5 Å². The van der Waals surface area contributed by atoms with Crippen LogP contribution in [0.3, 0.4) is 0 Å². The van der Waals surface area contributed by atoms with Crippen LogP contribution >= 0.6 is 11.3 Å². The van der Waals surface area contributed by atoms with Crippen molar-refractivity contribution in [1.29, 1.82) is 0 Å². The van der Waals surface area contributed by atoms with E-state index in [9.17, 15) is 9.59 Å². The van der Waals surface area contributed by atoms with Gasteiger partial charge in [0.05, 0.1) is 12.0 Å². The average molecular weight is 239 g/mol. The maximum atomic E-state index is 11.7. The summed E-state index contributed by atoms with van der Waals surface area (Å²) < 4.78 is 0. The lowest BCUT2D eigenvalue weighted by atomic mass is 9.99. The van der Waals surface area contributed by atoms with E-state index in [0.29, 0.717) is 6.54 Å². The highest BCUT2D eigenvalue weighted by atomic mass is 32.1. The zero-order valence-corrected chi connectivity index (χ0v) is 9.74. The number of carboxylic acids is 1. The van der Waals surface area contributed by atoms with Crippen LogP contribution < -0.4 is 0 Å². The second kappa shape index (κ2) is 4.25. The van der Waals surface area contributed by atoms with Crippen LogP contribution in [0.2, 0.25) is 0 Å². The minimum Gasteiger partial charge on any atom is -0.481 e. The maximum Gasteiger partial charge on any atom is 0.309 e. The number of rotatable bonds is 3. The first kappa shape index (κ1) is 11.1. The molecule has 0 aromatic carbocycles. The minimum atomic E-state index is -0.886. The molecule has 1 N–H and O–H groups in total. The highest BCUT2D eigenvalue weighted by Crippen LogP contribution is 2.39. The fraction of sp³-hybridized carbons (Fsp3) is 0.455. The monoisotopic (exact) mass is 239 g/mol. The van der Waals surface area contributed by atoms with E-state index in [4.69, 9.17) is 5.11 Å². The van der Waals surface area contributed by atoms with Gasteiger partial charge in [0.1, 0.15) is 0 Å². The number of hydrogen-bond donors (Lipinski definition) is 1. The van der Waals surface area contributed by atoms with Gasteiger partial charge < -0.3 is 10.0 Å². The number of hydrogen-bond acceptors (Lipinski definition) is 3. The molecule has 1 saturated heterocycles. The first-order valence-corrected chi connectivity index (χ1v) is 6.08. The van der Waals surface area contributed by atoms with Gasteiger partial charge in [-0.05, 0) is 18.4 Å². The van der Waals surface area contributed by atoms with E-state index in [1.54, 1.807) is 4.90 Å². The third-order valence-electron chi connectivity index (χ3n) is 2.92. The Balaban J connectivity index is 2.36. The molecule has 0 saturated carbocycles. The maximum absolute atomic E-state index is 11.7. The van der Waals surface area contributed by atoms with Crippen LogP contribution in [0.5, 0.6) is 0 Å². The van der Waals surface area contributed by atoms with Crippen molar-refractivity contribution < 1.29 is 14.7 Å². The van der Waals surface area contributed by atoms with Crippen LogP contribution in [0.1, 0.15) is 24.3 Å². The molecule has 1 amide bonds. The summed E-state index contributed by atoms with van der Waals surface area (Å²) in [7, 11) is 0. The molecule has 2 rings (SSSR count). The van der Waals surface area contributed by atoms with E-state index in [0.717, 1.165) is 4.88 Å². The van der Waals surface area contributed by atoms with Gasteiger partial charge in [0.2, 0.25) is 5.91 Å². The lowest BCUT2D eigenvalue weighted by molar-refractivity contribution is -0.142. The summed E-state index contributed by atoms with van der Waals surface area (Å²) in [5.41, 5.74) is 0. The molecule has 5 heteroatoms. The second-order valence-electron chi connectivity index (χ2n) is 3.79. The largest absolute Gasteiger partial charge is 0.481 e. The molecule has 0 aliphatic carbocycles. The predicted octanol–water partition coefficient (Wildman–Crippen LogP) is 1.74. The van der Waals surface area contributed by atoms with Crippen molar-refractivity contribution in [3.05, 3.63) is 22.4 Å². The summed E-state index contributed by atoms with van der Waals surface area (Å²) in [5, 5.41) is 11.0. The zero-order valence-electron chi connectivity index (χ0n) is 8.92. The number of amides is 1. The van der Waals surface area contributed by atoms with Gasteiger partial charge in [0, 0.05) is 17.8 Å². The van der Waals surface area contributed by atoms with Gasteiger partial charge in [0.15, 0.2) is 0 Å². The summed E-state index contributed by atoms with van der Waals surface area (Å²) in [6.45, 7) is 2.44. The Labute approximate surface area is 97.5 Å². The SMILES string of the molecule is CCN1C(=O)CC(C(=O)O)C1c1cccs1. The van der Waals surface area contributed by atoms with Gasteiger partial charge in [0.25, 0.3) is 0 Å². The quantitative estimate of drug-likeness (QED) is 0.874. The van der Waals surface area contributed by atoms with E-state index >= 15 is 0 Å². The van der Waals surface area contributed by atoms with Crippen molar-refractivity contribution in [2.45, 2.75) is 19.4 Å². The number of carbonyl (C=O) groups excluding carboxylic acids is 1. The highest BCUT2D eigenvalue weighted by Gasteiger charge is 2.44. The third-order valence-corrected chi connectivity index (χ3v) is 3.87. The lowest BCUT2D eigenvalue weighted by Gasteiger charge is -2.24. The van der Waals surface area contributed by atoms with Gasteiger partial charge in [-0.3, -0.25) is 9.59 Å². The third kappa shape index (κ3) is 1.71. The Kier molecular flexibility index (Phi) is 2.96. The van der Waals surface area contributed by atoms with Crippen molar-refractivity contribution >= 4 is 23.2 Å². The first-order chi connectivity index (χ1) is 7.65. The van der Waals surface area contributed by atoms with Crippen molar-refractivity contribution in [2.24, 2.45) is 5.92 Å². The molecule has 1 aromatic rings. The van der Waals surface area contributed by atoms with E-state index in [1.165, 1.54) is 11.3 Å². The molecule has 1 aliphatic rings. The molecule has 2 atom stereocenters. The van der Waals surface area contributed by atoms with E-state index in [-0.39, 0.29) is 18.4 Å². The fourth-order valence-electron chi connectivity index (χ4n) is 2.20. The highest BCUT2D eigenvalue weighted by molar-refractivity contribution is 7.10. The Hall–Kier alpha value is -1.36. The summed E-state index contributed by atoms with van der Waals surface area (Å²) in [6, 6.07) is 3.50. The van der Waals surface area contributed by atoms with Gasteiger partial charge in [-0.2, -0.15) is 0 Å². The summed E-state index contributed by atoms with van der Waals surface area (Å²) >= 11 is 1.51. The van der Waals surface area contributed by atoms with Gasteiger partial charge in [-0.15, -0.1) is 11.3 Å². The molecule has 16 heavy (non-hydrogen) atoms. The van der Waals surface area contributed by atoms with Crippen molar-refractivity contribution in [2.75, 3.05) is 6.54 Å². The number of thiophene rings is 1. The van der Waals surface area contributed by atoms with E-state index < -0.39 is 11.9 Å². The molecule has 1 aliphatic heterocycles. The summed E-state index contributed by atoms with van der Waals surface area (Å²) in [5.74, 6) is -1.55. The molecule has 2 unspecified atom stereocenters. The normalized spacial score (nSPS) is 25.1. The molecule has 0 spiro atoms. The van der Waals surface area contributed by atoms with Crippen LogP contribution in [-0.4, -0.2) is 28.4 Å². The number of likely N-dealkylation sites (tertiary alicyclic amines) is 1. The van der Waals surface area contributed by atoms with Crippen LogP contribution in [-0.2, 0) is 9.59 Å². The summed E-state index contributed by atoms with van der Waals surface area (Å²) in [4.78, 5) is 25.4. The molecule has 86 valence electrons. The molecule has 2 heterocycles. The lowest BCUT2D eigenvalue weighted by Crippen LogP contribution is -2.29. The molecular formula is C11H13NO3S. The Morgan fingerprint density at radius 3 is 2.94 bits per heavy atom. The van der Waals surface area contributed by atoms with Gasteiger partial charge in [-0.25, -0.2) is 0 Å². The minimum absolute atomic E-state index is 0.0618. The molecule has 0 radical (unpaired) electrons. The Bertz CT molecular complexity index is 401. The number of carboxylic acid groups (broad SMARTS) is 1. The topological polar surface area (TPSA) is 57.6 Å². The Morgan fingerprint density at radius 1 is 1.69 bits per heavy atom. The molecule has 0 bridgehead atoms. The van der Waals surface area contributed by atoms with Crippen molar-refractivity contribution in [1.82, 2.24) is 4.90 Å². The van der Waals surface area contributed by atoms with E-state index in [2.05, 4.69) is 0 Å². The molecule has 1 aromatic heterocycles. The zero-order chi connectivity index (χ0) is 11.7. The van der Waals surface area contributed by atoms with Crippen LogP contribution in [0, 0.1) is 5.92 Å². The van der Waals surface area contributed by atoms with Crippen molar-refractivity contribution in [3.8, 4) is 0 Å². The average Bonchev–Trinajstić information content (AvgIpc) is 2.83. The first-order valence-electron chi connectivity index (χ1n) is 5.20. The smallest absolute Gasteiger partial charge is 0.309 e. The number of nitrogens with zero attached hydrogens (tertiary/aromatic N) is 1. The van der Waals surface area contributed by atoms with Gasteiger partial charge in [-0.1, -0.05) is 6.07 Å². The predicted molar refractivity (Wildman–Crippen MR) is 60.2 cm³/mol. The molecule has 1 fully saturated rings. The molecule has 4 nitrogen and oxygen atoms in total. The van der Waals surface area contributed by atoms with E-state index in [1.807, 2.05) is 24.4 Å². The number of carbonyl (C=O) groups is 2. The Morgan fingerprint density at radius 2 is 2.44 bits per heavy atom. The van der Waals surface area contributed by atoms with Crippen LogP contribution in [0.25, 0.3) is 0 Å². The van der Waals surface area contributed by atoms with Gasteiger partial charge >= 0.3 is 5.97 Å². The second-order valence-corrected chi connectivity index (χ2v) is 4.77. The summed E-state index contributed by atoms with van der Waals surface area (Å²) in [6.07, 6.45) is 0.117. The van der Waals surface area contributed by atoms with Crippen LogP contribution in [0.4, 0.5) is 0 Å². The standard InChI is InChI=1S/C11H13NO3S/c1-2-12-9(13)6-7(11(14)15)10(12)8-4-3-5-16-8/h3-5,7,10H,2,6H2,1H3,(H,14,15). The molecular weight excluding hydrogens is 226 g/mol. The number of aliphatic carboxylic acids is 1.